The zero-order valence-corrected chi connectivity index (χ0v) is 14.6. The minimum atomic E-state index is -0.161. The summed E-state index contributed by atoms with van der Waals surface area (Å²) in [6.07, 6.45) is 5.04. The van der Waals surface area contributed by atoms with Gasteiger partial charge < -0.3 is 15.5 Å². The van der Waals surface area contributed by atoms with Crippen molar-refractivity contribution < 1.29 is 4.79 Å². The minimum Gasteiger partial charge on any atom is -0.356 e. The number of anilines is 2. The van der Waals surface area contributed by atoms with Crippen LogP contribution in [0.3, 0.4) is 0 Å². The Kier molecular flexibility index (Phi) is 4.39. The van der Waals surface area contributed by atoms with Gasteiger partial charge >= 0.3 is 6.03 Å². The molecule has 2 amide bonds. The summed E-state index contributed by atoms with van der Waals surface area (Å²) in [6.45, 7) is 3.67. The van der Waals surface area contributed by atoms with Crippen LogP contribution in [0.5, 0.6) is 0 Å². The molecule has 1 saturated heterocycles. The first-order valence-corrected chi connectivity index (χ1v) is 8.72. The van der Waals surface area contributed by atoms with Crippen molar-refractivity contribution in [3.8, 4) is 0 Å². The molecule has 1 aliphatic heterocycles. The van der Waals surface area contributed by atoms with Gasteiger partial charge in [0, 0.05) is 24.8 Å². The van der Waals surface area contributed by atoms with Crippen molar-refractivity contribution >= 4 is 28.6 Å². The number of H-pyrrole nitrogens is 1. The Labute approximate surface area is 151 Å². The zero-order chi connectivity index (χ0) is 17.9. The van der Waals surface area contributed by atoms with Gasteiger partial charge in [-0.1, -0.05) is 17.7 Å². The number of piperidine rings is 1. The Bertz CT molecular complexity index is 897. The summed E-state index contributed by atoms with van der Waals surface area (Å²) in [5.74, 6) is 0.895. The molecule has 0 radical (unpaired) electrons. The number of hydrogen-bond acceptors (Lipinski definition) is 5. The number of fused-ring (bicyclic) bond motifs is 1. The topological polar surface area (TPSA) is 98.8 Å². The Morgan fingerprint density at radius 2 is 1.96 bits per heavy atom. The molecule has 1 aliphatic rings. The van der Waals surface area contributed by atoms with Crippen molar-refractivity contribution in [1.82, 2.24) is 25.5 Å². The van der Waals surface area contributed by atoms with Gasteiger partial charge in [0.2, 0.25) is 0 Å². The molecule has 3 heterocycles. The quantitative estimate of drug-likeness (QED) is 0.673. The molecule has 4 rings (SSSR count). The Morgan fingerprint density at radius 3 is 2.73 bits per heavy atom. The maximum atomic E-state index is 12.2. The molecule has 0 bridgehead atoms. The molecule has 8 nitrogen and oxygen atoms in total. The van der Waals surface area contributed by atoms with Gasteiger partial charge in [-0.2, -0.15) is 5.10 Å². The van der Waals surface area contributed by atoms with Crippen LogP contribution in [0, 0.1) is 6.92 Å². The third kappa shape index (κ3) is 3.44. The van der Waals surface area contributed by atoms with Crippen LogP contribution in [-0.2, 0) is 0 Å². The fraction of sp³-hybridized carbons (Fsp3) is 0.333. The first-order chi connectivity index (χ1) is 12.7. The molecule has 2 aromatic heterocycles. The second kappa shape index (κ2) is 6.99. The van der Waals surface area contributed by atoms with Crippen LogP contribution in [0.2, 0.25) is 0 Å². The molecule has 1 fully saturated rings. The number of carbonyl (C=O) groups is 1. The summed E-state index contributed by atoms with van der Waals surface area (Å²) in [5.41, 5.74) is 2.71. The number of benzene rings is 1. The number of urea groups is 1. The standard InChI is InChI=1S/C18H21N7O/c1-12-2-4-13(5-3-12)22-18(26)23-14-6-8-25(9-7-14)17-15-10-21-24-16(15)19-11-20-17/h2-5,10-11,14H,6-9H2,1H3,(H2,22,23,26)(H,19,20,21,24). The number of nitrogens with one attached hydrogen (secondary N) is 3. The van der Waals surface area contributed by atoms with E-state index >= 15 is 0 Å². The molecule has 0 aliphatic carbocycles. The lowest BCUT2D eigenvalue weighted by molar-refractivity contribution is 0.246. The normalized spacial score (nSPS) is 15.2. The molecule has 134 valence electrons. The second-order valence-electron chi connectivity index (χ2n) is 6.56. The fourth-order valence-corrected chi connectivity index (χ4v) is 3.23. The van der Waals surface area contributed by atoms with Gasteiger partial charge in [0.25, 0.3) is 0 Å². The number of aromatic nitrogens is 4. The Morgan fingerprint density at radius 1 is 1.19 bits per heavy atom. The third-order valence-electron chi connectivity index (χ3n) is 4.67. The second-order valence-corrected chi connectivity index (χ2v) is 6.56. The first kappa shape index (κ1) is 16.3. The largest absolute Gasteiger partial charge is 0.356 e. The SMILES string of the molecule is Cc1ccc(NC(=O)NC2CCN(c3ncnc4[nH]ncc34)CC2)cc1. The summed E-state index contributed by atoms with van der Waals surface area (Å²) in [6, 6.07) is 7.76. The van der Waals surface area contributed by atoms with Crippen LogP contribution in [0.4, 0.5) is 16.3 Å². The Hall–Kier alpha value is -3.16. The third-order valence-corrected chi connectivity index (χ3v) is 4.67. The van der Waals surface area contributed by atoms with Crippen LogP contribution in [0.15, 0.2) is 36.8 Å². The summed E-state index contributed by atoms with van der Waals surface area (Å²) in [5, 5.41) is 13.8. The van der Waals surface area contributed by atoms with Crippen molar-refractivity contribution in [2.45, 2.75) is 25.8 Å². The molecule has 0 spiro atoms. The van der Waals surface area contributed by atoms with Gasteiger partial charge in [0.05, 0.1) is 11.6 Å². The molecular formula is C18H21N7O. The minimum absolute atomic E-state index is 0.151. The molecule has 1 aromatic carbocycles. The number of rotatable bonds is 3. The summed E-state index contributed by atoms with van der Waals surface area (Å²) in [7, 11) is 0. The lowest BCUT2D eigenvalue weighted by atomic mass is 10.1. The van der Waals surface area contributed by atoms with E-state index < -0.39 is 0 Å². The number of aryl methyl sites for hydroxylation is 1. The van der Waals surface area contributed by atoms with Crippen molar-refractivity contribution in [1.29, 1.82) is 0 Å². The van der Waals surface area contributed by atoms with Gasteiger partial charge in [-0.05, 0) is 31.9 Å². The number of nitrogens with zero attached hydrogens (tertiary/aromatic N) is 4. The van der Waals surface area contributed by atoms with Crippen LogP contribution >= 0.6 is 0 Å². The fourth-order valence-electron chi connectivity index (χ4n) is 3.23. The smallest absolute Gasteiger partial charge is 0.319 e. The maximum absolute atomic E-state index is 12.2. The van der Waals surface area contributed by atoms with Gasteiger partial charge in [-0.25, -0.2) is 14.8 Å². The van der Waals surface area contributed by atoms with Gasteiger partial charge in [0.15, 0.2) is 5.65 Å². The maximum Gasteiger partial charge on any atom is 0.319 e. The van der Waals surface area contributed by atoms with E-state index in [4.69, 9.17) is 0 Å². The molecule has 0 unspecified atom stereocenters. The summed E-state index contributed by atoms with van der Waals surface area (Å²) in [4.78, 5) is 23.0. The van der Waals surface area contributed by atoms with Crippen LogP contribution < -0.4 is 15.5 Å². The molecule has 3 aromatic rings. The predicted octanol–water partition coefficient (Wildman–Crippen LogP) is 2.45. The number of amides is 2. The van der Waals surface area contributed by atoms with Gasteiger partial charge in [-0.15, -0.1) is 0 Å². The van der Waals surface area contributed by atoms with E-state index in [2.05, 4.69) is 35.7 Å². The van der Waals surface area contributed by atoms with E-state index in [1.807, 2.05) is 31.2 Å². The number of hydrogen-bond donors (Lipinski definition) is 3. The molecule has 3 N–H and O–H groups in total. The highest BCUT2D eigenvalue weighted by molar-refractivity contribution is 5.89. The predicted molar refractivity (Wildman–Crippen MR) is 100 cm³/mol. The van der Waals surface area contributed by atoms with Crippen LogP contribution in [0.25, 0.3) is 11.0 Å². The van der Waals surface area contributed by atoms with E-state index in [-0.39, 0.29) is 12.1 Å². The molecule has 8 heteroatoms. The average Bonchev–Trinajstić information content (AvgIpc) is 3.13. The van der Waals surface area contributed by atoms with Gasteiger partial charge in [0.1, 0.15) is 12.1 Å². The van der Waals surface area contributed by atoms with Crippen LogP contribution in [-0.4, -0.2) is 45.3 Å². The molecular weight excluding hydrogens is 330 g/mol. The van der Waals surface area contributed by atoms with E-state index in [0.717, 1.165) is 48.5 Å². The monoisotopic (exact) mass is 351 g/mol. The van der Waals surface area contributed by atoms with Crippen LogP contribution in [0.1, 0.15) is 18.4 Å². The van der Waals surface area contributed by atoms with Crippen molar-refractivity contribution in [3.05, 3.63) is 42.4 Å². The first-order valence-electron chi connectivity index (χ1n) is 8.72. The number of aromatic amines is 1. The molecule has 26 heavy (non-hydrogen) atoms. The van der Waals surface area contributed by atoms with Crippen molar-refractivity contribution in [2.75, 3.05) is 23.3 Å². The van der Waals surface area contributed by atoms with E-state index in [1.54, 1.807) is 12.5 Å². The highest BCUT2D eigenvalue weighted by Crippen LogP contribution is 2.24. The lowest BCUT2D eigenvalue weighted by Gasteiger charge is -2.33. The van der Waals surface area contributed by atoms with E-state index in [0.29, 0.717) is 0 Å². The zero-order valence-electron chi connectivity index (χ0n) is 14.6. The van der Waals surface area contributed by atoms with E-state index in [1.165, 1.54) is 5.56 Å². The summed E-state index contributed by atoms with van der Waals surface area (Å²) < 4.78 is 0. The highest BCUT2D eigenvalue weighted by Gasteiger charge is 2.23. The molecule has 0 atom stereocenters. The van der Waals surface area contributed by atoms with Crippen molar-refractivity contribution in [3.63, 3.8) is 0 Å². The van der Waals surface area contributed by atoms with E-state index in [9.17, 15) is 4.79 Å². The lowest BCUT2D eigenvalue weighted by Crippen LogP contribution is -2.46. The Balaban J connectivity index is 1.33. The number of carbonyl (C=O) groups excluding carboxylic acids is 1. The summed E-state index contributed by atoms with van der Waals surface area (Å²) >= 11 is 0. The highest BCUT2D eigenvalue weighted by atomic mass is 16.2. The molecule has 0 saturated carbocycles. The van der Waals surface area contributed by atoms with Crippen molar-refractivity contribution in [2.24, 2.45) is 0 Å². The average molecular weight is 351 g/mol. The van der Waals surface area contributed by atoms with Gasteiger partial charge in [-0.3, -0.25) is 5.10 Å².